The summed E-state index contributed by atoms with van der Waals surface area (Å²) in [5.74, 6) is -0.942. The third-order valence-electron chi connectivity index (χ3n) is 2.54. The first-order chi connectivity index (χ1) is 9.22. The van der Waals surface area contributed by atoms with Crippen molar-refractivity contribution in [2.75, 3.05) is 7.11 Å². The zero-order chi connectivity index (χ0) is 15.5. The average molecular weight is 298 g/mol. The number of hydrogen-bond donors (Lipinski definition) is 1. The highest BCUT2D eigenvalue weighted by Crippen LogP contribution is 2.39. The molecule has 1 aromatic rings. The molecule has 0 unspecified atom stereocenters. The van der Waals surface area contributed by atoms with E-state index in [2.05, 4.69) is 9.72 Å². The van der Waals surface area contributed by atoms with Crippen LogP contribution in [0.1, 0.15) is 28.8 Å². The molecule has 9 heteroatoms. The normalized spacial score (nSPS) is 11.8. The first kappa shape index (κ1) is 16.3. The monoisotopic (exact) mass is 298 g/mol. The zero-order valence-electron chi connectivity index (χ0n) is 10.3. The van der Waals surface area contributed by atoms with Crippen LogP contribution in [-0.2, 0) is 28.7 Å². The fourth-order valence-electron chi connectivity index (χ4n) is 1.69. The molecule has 0 aliphatic carbocycles. The smallest absolute Gasteiger partial charge is 0.418 e. The molecule has 0 aliphatic heterocycles. The highest BCUT2D eigenvalue weighted by Gasteiger charge is 2.40. The lowest BCUT2D eigenvalue weighted by Gasteiger charge is -2.18. The number of esters is 1. The first-order valence-corrected chi connectivity index (χ1v) is 5.35. The van der Waals surface area contributed by atoms with E-state index < -0.39 is 53.9 Å². The second-order valence-corrected chi connectivity index (χ2v) is 3.77. The Kier molecular flexibility index (Phi) is 4.98. The molecule has 0 fully saturated rings. The van der Waals surface area contributed by atoms with E-state index in [4.69, 9.17) is 5.73 Å². The third kappa shape index (κ3) is 3.41. The van der Waals surface area contributed by atoms with Crippen LogP contribution in [0.15, 0.2) is 6.20 Å². The van der Waals surface area contributed by atoms with Gasteiger partial charge in [0.05, 0.1) is 24.8 Å². The lowest BCUT2D eigenvalue weighted by Crippen LogP contribution is -2.20. The van der Waals surface area contributed by atoms with Crippen molar-refractivity contribution < 1.29 is 31.5 Å². The summed E-state index contributed by atoms with van der Waals surface area (Å²) < 4.78 is 68.9. The van der Waals surface area contributed by atoms with E-state index in [9.17, 15) is 26.7 Å². The topological polar surface area (TPSA) is 65.2 Å². The number of aromatic nitrogens is 1. The summed E-state index contributed by atoms with van der Waals surface area (Å²) in [6.45, 7) is -0.646. The van der Waals surface area contributed by atoms with Crippen molar-refractivity contribution in [1.29, 1.82) is 0 Å². The Balaban J connectivity index is 3.52. The number of ether oxygens (including phenoxy) is 1. The van der Waals surface area contributed by atoms with Gasteiger partial charge in [0, 0.05) is 18.3 Å². The number of nitrogens with zero attached hydrogens (tertiary/aromatic N) is 1. The molecule has 0 amide bonds. The maximum absolute atomic E-state index is 13.0. The summed E-state index contributed by atoms with van der Waals surface area (Å²) in [5, 5.41) is 0. The van der Waals surface area contributed by atoms with E-state index in [1.165, 1.54) is 0 Å². The van der Waals surface area contributed by atoms with Gasteiger partial charge in [0.25, 0.3) is 6.43 Å². The quantitative estimate of drug-likeness (QED) is 0.683. The van der Waals surface area contributed by atoms with Gasteiger partial charge in [0.15, 0.2) is 0 Å². The highest BCUT2D eigenvalue weighted by atomic mass is 19.4. The molecule has 1 aromatic heterocycles. The molecule has 2 N–H and O–H groups in total. The zero-order valence-corrected chi connectivity index (χ0v) is 10.3. The van der Waals surface area contributed by atoms with E-state index in [-0.39, 0.29) is 0 Å². The maximum Gasteiger partial charge on any atom is 0.418 e. The van der Waals surface area contributed by atoms with Crippen molar-refractivity contribution in [3.05, 3.63) is 28.6 Å². The molecule has 1 rings (SSSR count). The van der Waals surface area contributed by atoms with Gasteiger partial charge in [0.1, 0.15) is 0 Å². The molecule has 4 nitrogen and oxygen atoms in total. The molecule has 1 heterocycles. The number of carbonyl (C=O) groups is 1. The lowest BCUT2D eigenvalue weighted by atomic mass is 9.98. The Labute approximate surface area is 110 Å². The number of methoxy groups -OCH3 is 1. The van der Waals surface area contributed by atoms with Crippen LogP contribution in [0.4, 0.5) is 22.0 Å². The second-order valence-electron chi connectivity index (χ2n) is 3.77. The summed E-state index contributed by atoms with van der Waals surface area (Å²) >= 11 is 0. The number of nitrogens with two attached hydrogens (primary N) is 1. The molecular formula is C11H11F5N2O2. The van der Waals surface area contributed by atoms with Crippen LogP contribution in [0, 0.1) is 0 Å². The largest absolute Gasteiger partial charge is 0.469 e. The van der Waals surface area contributed by atoms with Crippen LogP contribution in [0.2, 0.25) is 0 Å². The Morgan fingerprint density at radius 1 is 1.45 bits per heavy atom. The van der Waals surface area contributed by atoms with E-state index in [0.717, 1.165) is 13.3 Å². The van der Waals surface area contributed by atoms with E-state index in [1.807, 2.05) is 0 Å². The Morgan fingerprint density at radius 2 is 2.05 bits per heavy atom. The predicted octanol–water partition coefficient (Wildman–Crippen LogP) is 2.21. The fraction of sp³-hybridized carbons (Fsp3) is 0.455. The van der Waals surface area contributed by atoms with Crippen molar-refractivity contribution in [1.82, 2.24) is 4.98 Å². The molecule has 0 radical (unpaired) electrons. The van der Waals surface area contributed by atoms with Gasteiger partial charge in [0.2, 0.25) is 0 Å². The summed E-state index contributed by atoms with van der Waals surface area (Å²) in [6.07, 6.45) is -8.40. The molecule has 0 spiro atoms. The van der Waals surface area contributed by atoms with Crippen LogP contribution < -0.4 is 5.73 Å². The van der Waals surface area contributed by atoms with Gasteiger partial charge in [-0.1, -0.05) is 0 Å². The Bertz CT molecular complexity index is 502. The molecule has 0 aromatic carbocycles. The molecule has 0 bridgehead atoms. The van der Waals surface area contributed by atoms with E-state index in [0.29, 0.717) is 0 Å². The summed E-state index contributed by atoms with van der Waals surface area (Å²) in [5.41, 5.74) is 1.00. The van der Waals surface area contributed by atoms with Gasteiger partial charge in [-0.3, -0.25) is 9.78 Å². The minimum absolute atomic E-state index is 0.531. The molecule has 0 aliphatic rings. The van der Waals surface area contributed by atoms with Gasteiger partial charge in [-0.05, 0) is 5.56 Å². The van der Waals surface area contributed by atoms with Gasteiger partial charge in [-0.15, -0.1) is 0 Å². The van der Waals surface area contributed by atoms with Gasteiger partial charge >= 0.3 is 12.1 Å². The van der Waals surface area contributed by atoms with Crippen molar-refractivity contribution in [3.8, 4) is 0 Å². The molecule has 0 saturated carbocycles. The molecule has 0 saturated heterocycles. The van der Waals surface area contributed by atoms with Crippen LogP contribution in [-0.4, -0.2) is 18.1 Å². The fourth-order valence-corrected chi connectivity index (χ4v) is 1.69. The van der Waals surface area contributed by atoms with Gasteiger partial charge in [-0.2, -0.15) is 13.2 Å². The predicted molar refractivity (Wildman–Crippen MR) is 57.8 cm³/mol. The number of hydrogen-bond acceptors (Lipinski definition) is 4. The number of halogens is 5. The molecule has 0 atom stereocenters. The first-order valence-electron chi connectivity index (χ1n) is 5.35. The van der Waals surface area contributed by atoms with Crippen molar-refractivity contribution in [3.63, 3.8) is 0 Å². The Hall–Kier alpha value is -1.77. The van der Waals surface area contributed by atoms with Gasteiger partial charge in [-0.25, -0.2) is 8.78 Å². The minimum atomic E-state index is -5.04. The molecular weight excluding hydrogens is 287 g/mol. The lowest BCUT2D eigenvalue weighted by molar-refractivity contribution is -0.142. The number of pyridine rings is 1. The van der Waals surface area contributed by atoms with Crippen LogP contribution >= 0.6 is 0 Å². The maximum atomic E-state index is 13.0. The summed E-state index contributed by atoms with van der Waals surface area (Å²) in [7, 11) is 0.997. The average Bonchev–Trinajstić information content (AvgIpc) is 2.36. The van der Waals surface area contributed by atoms with E-state index >= 15 is 0 Å². The number of rotatable bonds is 4. The van der Waals surface area contributed by atoms with E-state index in [1.54, 1.807) is 0 Å². The SMILES string of the molecule is COC(=O)Cc1cnc(CN)c(C(F)(F)F)c1C(F)F. The summed E-state index contributed by atoms with van der Waals surface area (Å²) in [4.78, 5) is 14.5. The van der Waals surface area contributed by atoms with Crippen molar-refractivity contribution >= 4 is 5.97 Å². The molecule has 112 valence electrons. The third-order valence-corrected chi connectivity index (χ3v) is 2.54. The van der Waals surface area contributed by atoms with Crippen molar-refractivity contribution in [2.45, 2.75) is 25.6 Å². The highest BCUT2D eigenvalue weighted by molar-refractivity contribution is 5.73. The van der Waals surface area contributed by atoms with Crippen molar-refractivity contribution in [2.24, 2.45) is 5.73 Å². The molecule has 20 heavy (non-hydrogen) atoms. The van der Waals surface area contributed by atoms with Crippen LogP contribution in [0.25, 0.3) is 0 Å². The van der Waals surface area contributed by atoms with Crippen LogP contribution in [0.5, 0.6) is 0 Å². The van der Waals surface area contributed by atoms with Crippen LogP contribution in [0.3, 0.4) is 0 Å². The Morgan fingerprint density at radius 3 is 2.45 bits per heavy atom. The van der Waals surface area contributed by atoms with Gasteiger partial charge < -0.3 is 10.5 Å². The number of carbonyl (C=O) groups excluding carboxylic acids is 1. The minimum Gasteiger partial charge on any atom is -0.469 e. The number of alkyl halides is 5. The summed E-state index contributed by atoms with van der Waals surface area (Å²) in [6, 6.07) is 0. The second kappa shape index (κ2) is 6.12. The standard InChI is InChI=1S/C11H11F5N2O2/c1-20-7(19)2-5-4-18-6(3-17)9(11(14,15)16)8(5)10(12)13/h4,10H,2-3,17H2,1H3.